The molecular weight excluding hydrogens is 316 g/mol. The fourth-order valence-corrected chi connectivity index (χ4v) is 2.59. The molecule has 2 saturated heterocycles. The number of oxime groups is 2. The van der Waals surface area contributed by atoms with Gasteiger partial charge in [0.05, 0.1) is 0 Å². The quantitative estimate of drug-likeness (QED) is 0.169. The average molecular weight is 332 g/mol. The topological polar surface area (TPSA) is 157 Å². The molecule has 0 radical (unpaired) electrons. The molecule has 2 heterocycles. The van der Waals surface area contributed by atoms with Gasteiger partial charge in [0.1, 0.15) is 12.1 Å². The van der Waals surface area contributed by atoms with E-state index in [9.17, 15) is 20.0 Å². The highest BCUT2D eigenvalue weighted by Gasteiger charge is 2.44. The van der Waals surface area contributed by atoms with E-state index in [1.807, 2.05) is 0 Å². The second-order valence-electron chi connectivity index (χ2n) is 5.57. The van der Waals surface area contributed by atoms with Crippen LogP contribution in [0.3, 0.4) is 0 Å². The molecule has 2 fully saturated rings. The summed E-state index contributed by atoms with van der Waals surface area (Å²) in [5.74, 6) is -0.623. The molecule has 2 unspecified atom stereocenters. The number of carbonyl (C=O) groups is 2. The third-order valence-electron chi connectivity index (χ3n) is 3.99. The predicted octanol–water partition coefficient (Wildman–Crippen LogP) is -1.70. The molecule has 2 amide bonds. The van der Waals surface area contributed by atoms with Crippen molar-refractivity contribution in [2.45, 2.75) is 12.1 Å². The summed E-state index contributed by atoms with van der Waals surface area (Å²) < 4.78 is 0. The summed E-state index contributed by atoms with van der Waals surface area (Å²) in [7, 11) is 0. The van der Waals surface area contributed by atoms with Crippen molar-refractivity contribution in [3.05, 3.63) is 35.4 Å². The molecule has 3 rings (SSSR count). The van der Waals surface area contributed by atoms with Crippen molar-refractivity contribution in [2.75, 3.05) is 13.1 Å². The van der Waals surface area contributed by atoms with Gasteiger partial charge in [-0.15, -0.1) is 0 Å². The summed E-state index contributed by atoms with van der Waals surface area (Å²) in [5, 5.41) is 25.0. The minimum absolute atomic E-state index is 0.190. The number of hydrogen-bond acceptors (Lipinski definition) is 6. The molecule has 2 aliphatic heterocycles. The van der Waals surface area contributed by atoms with E-state index in [0.717, 1.165) is 0 Å². The van der Waals surface area contributed by atoms with Gasteiger partial charge in [0.2, 0.25) is 11.8 Å². The van der Waals surface area contributed by atoms with Crippen LogP contribution in [0.5, 0.6) is 0 Å². The van der Waals surface area contributed by atoms with Crippen LogP contribution < -0.4 is 11.5 Å². The summed E-state index contributed by atoms with van der Waals surface area (Å²) in [6, 6.07) is 5.65. The summed E-state index contributed by atoms with van der Waals surface area (Å²) in [6.45, 7) is 0.742. The number of carbonyl (C=O) groups excluding carboxylic acids is 2. The first-order valence-electron chi connectivity index (χ1n) is 7.14. The van der Waals surface area contributed by atoms with Crippen LogP contribution in [-0.2, 0) is 9.59 Å². The van der Waals surface area contributed by atoms with Gasteiger partial charge in [0, 0.05) is 24.2 Å². The number of rotatable bonds is 4. The van der Waals surface area contributed by atoms with Crippen molar-refractivity contribution >= 4 is 23.5 Å². The molecule has 2 aliphatic rings. The van der Waals surface area contributed by atoms with Gasteiger partial charge < -0.3 is 31.7 Å². The Bertz CT molecular complexity index is 702. The summed E-state index contributed by atoms with van der Waals surface area (Å²) in [6.07, 6.45) is 0. The van der Waals surface area contributed by atoms with Crippen LogP contribution in [0, 0.1) is 0 Å². The molecule has 1 aromatic carbocycles. The highest BCUT2D eigenvalue weighted by Crippen LogP contribution is 2.25. The second kappa shape index (κ2) is 5.72. The normalized spacial score (nSPS) is 23.2. The minimum Gasteiger partial charge on any atom is -0.409 e. The van der Waals surface area contributed by atoms with E-state index in [-0.39, 0.29) is 11.7 Å². The molecule has 0 aromatic heterocycles. The van der Waals surface area contributed by atoms with Crippen LogP contribution in [0.15, 0.2) is 34.6 Å². The van der Waals surface area contributed by atoms with Crippen molar-refractivity contribution < 1.29 is 20.0 Å². The lowest BCUT2D eigenvalue weighted by atomic mass is 10.1. The van der Waals surface area contributed by atoms with Crippen LogP contribution in [0.2, 0.25) is 0 Å². The predicted molar refractivity (Wildman–Crippen MR) is 82.5 cm³/mol. The zero-order valence-electron chi connectivity index (χ0n) is 12.5. The number of hydrogen-bond donors (Lipinski definition) is 4. The van der Waals surface area contributed by atoms with Crippen LogP contribution in [-0.4, -0.2) is 68.9 Å². The zero-order chi connectivity index (χ0) is 17.4. The van der Waals surface area contributed by atoms with Gasteiger partial charge in [-0.1, -0.05) is 28.5 Å². The average Bonchev–Trinajstić information content (AvgIpc) is 3.43. The summed E-state index contributed by atoms with van der Waals surface area (Å²) in [4.78, 5) is 25.5. The number of amidine groups is 2. The monoisotopic (exact) mass is 332 g/mol. The first-order valence-corrected chi connectivity index (χ1v) is 7.14. The molecule has 10 heteroatoms. The Labute approximate surface area is 136 Å². The summed E-state index contributed by atoms with van der Waals surface area (Å²) >= 11 is 0. The van der Waals surface area contributed by atoms with Crippen LogP contribution >= 0.6 is 0 Å². The number of benzene rings is 1. The van der Waals surface area contributed by atoms with Gasteiger partial charge in [-0.25, -0.2) is 0 Å². The molecule has 0 saturated carbocycles. The van der Waals surface area contributed by atoms with Crippen molar-refractivity contribution in [1.29, 1.82) is 0 Å². The lowest BCUT2D eigenvalue weighted by molar-refractivity contribution is -0.118. The number of nitrogens with zero attached hydrogens (tertiary/aromatic N) is 4. The largest absolute Gasteiger partial charge is 0.409 e. The van der Waals surface area contributed by atoms with Gasteiger partial charge in [0.25, 0.3) is 0 Å². The van der Waals surface area contributed by atoms with Gasteiger partial charge >= 0.3 is 0 Å². The van der Waals surface area contributed by atoms with Crippen molar-refractivity contribution in [1.82, 2.24) is 9.80 Å². The highest BCUT2D eigenvalue weighted by atomic mass is 16.4. The Balaban J connectivity index is 1.84. The fraction of sp³-hybridized carbons (Fsp3) is 0.286. The first kappa shape index (κ1) is 15.6. The van der Waals surface area contributed by atoms with E-state index < -0.39 is 23.9 Å². The van der Waals surface area contributed by atoms with E-state index >= 15 is 0 Å². The Morgan fingerprint density at radius 3 is 1.67 bits per heavy atom. The molecule has 126 valence electrons. The molecule has 1 aromatic rings. The van der Waals surface area contributed by atoms with Gasteiger partial charge in [-0.2, -0.15) is 0 Å². The third kappa shape index (κ3) is 2.69. The second-order valence-corrected chi connectivity index (χ2v) is 5.57. The van der Waals surface area contributed by atoms with Gasteiger partial charge in [0.15, 0.2) is 11.7 Å². The van der Waals surface area contributed by atoms with Crippen molar-refractivity contribution in [3.63, 3.8) is 0 Å². The number of nitrogens with two attached hydrogens (primary N) is 2. The smallest absolute Gasteiger partial charge is 0.242 e. The van der Waals surface area contributed by atoms with Crippen LogP contribution in [0.4, 0.5) is 0 Å². The third-order valence-corrected chi connectivity index (χ3v) is 3.99. The molecule has 24 heavy (non-hydrogen) atoms. The van der Waals surface area contributed by atoms with E-state index in [4.69, 9.17) is 11.5 Å². The molecule has 0 aliphatic carbocycles. The number of amides is 2. The van der Waals surface area contributed by atoms with Gasteiger partial charge in [-0.3, -0.25) is 9.59 Å². The maximum Gasteiger partial charge on any atom is 0.242 e. The van der Waals surface area contributed by atoms with Crippen LogP contribution in [0.25, 0.3) is 0 Å². The molecule has 10 nitrogen and oxygen atoms in total. The molecule has 6 N–H and O–H groups in total. The SMILES string of the molecule is NC(=O)C1CN1/C(=N\O)c1cccc(/C(=N\O)N2CC2C(N)=O)c1. The van der Waals surface area contributed by atoms with Crippen molar-refractivity contribution in [2.24, 2.45) is 21.8 Å². The molecular formula is C14H16N6O4. The Morgan fingerprint density at radius 2 is 1.38 bits per heavy atom. The number of primary amides is 2. The van der Waals surface area contributed by atoms with E-state index in [0.29, 0.717) is 24.2 Å². The fourth-order valence-electron chi connectivity index (χ4n) is 2.59. The Morgan fingerprint density at radius 1 is 0.958 bits per heavy atom. The maximum absolute atomic E-state index is 11.2. The maximum atomic E-state index is 11.2. The van der Waals surface area contributed by atoms with Crippen molar-refractivity contribution in [3.8, 4) is 0 Å². The zero-order valence-corrected chi connectivity index (χ0v) is 12.5. The lowest BCUT2D eigenvalue weighted by Gasteiger charge is -2.11. The summed E-state index contributed by atoms with van der Waals surface area (Å²) in [5.41, 5.74) is 11.5. The highest BCUT2D eigenvalue weighted by molar-refractivity contribution is 6.08. The lowest BCUT2D eigenvalue weighted by Crippen LogP contribution is -2.26. The minimum atomic E-state index is -0.503. The molecule has 2 atom stereocenters. The first-order chi connectivity index (χ1) is 11.5. The molecule has 0 spiro atoms. The molecule has 0 bridgehead atoms. The Kier molecular flexibility index (Phi) is 3.72. The van der Waals surface area contributed by atoms with E-state index in [1.54, 1.807) is 34.1 Å². The van der Waals surface area contributed by atoms with Crippen LogP contribution in [0.1, 0.15) is 11.1 Å². The standard InChI is InChI=1S/C14H16N6O4/c15-11(21)9-5-19(9)13(17-23)7-2-1-3-8(4-7)14(18-24)20-6-10(20)12(16)22/h1-4,9-10,23-24H,5-6H2,(H2,15,21)(H2,16,22)/b17-13-,18-14+. The van der Waals surface area contributed by atoms with E-state index in [1.165, 1.54) is 0 Å². The Hall–Kier alpha value is -3.30. The van der Waals surface area contributed by atoms with Gasteiger partial charge in [-0.05, 0) is 6.07 Å². The van der Waals surface area contributed by atoms with E-state index in [2.05, 4.69) is 10.3 Å².